The van der Waals surface area contributed by atoms with E-state index in [0.717, 1.165) is 10.9 Å². The SMILES string of the molecule is NCc1ccc2c(N)noc2c1.O=C(O)C(F)(F)F.O=C(O)C(F)(F)F. The fourth-order valence-electron chi connectivity index (χ4n) is 1.13. The molecule has 0 radical (unpaired) electrons. The molecular formula is C12H11F6N3O5. The number of nitrogen functional groups attached to an aromatic ring is 1. The lowest BCUT2D eigenvalue weighted by molar-refractivity contribution is -0.193. The van der Waals surface area contributed by atoms with Crippen LogP contribution in [0.1, 0.15) is 5.56 Å². The summed E-state index contributed by atoms with van der Waals surface area (Å²) < 4.78 is 68.4. The molecule has 0 fully saturated rings. The second-order valence-corrected chi connectivity index (χ2v) is 4.21. The van der Waals surface area contributed by atoms with E-state index in [-0.39, 0.29) is 0 Å². The lowest BCUT2D eigenvalue weighted by Crippen LogP contribution is -2.21. The predicted molar refractivity (Wildman–Crippen MR) is 73.7 cm³/mol. The quantitative estimate of drug-likeness (QED) is 0.540. The summed E-state index contributed by atoms with van der Waals surface area (Å²) in [5, 5.41) is 18.7. The molecule has 0 spiro atoms. The summed E-state index contributed by atoms with van der Waals surface area (Å²) in [6.45, 7) is 0.497. The number of halogens is 6. The lowest BCUT2D eigenvalue weighted by atomic mass is 10.2. The number of aromatic nitrogens is 1. The molecule has 8 nitrogen and oxygen atoms in total. The van der Waals surface area contributed by atoms with Gasteiger partial charge in [0.2, 0.25) is 0 Å². The van der Waals surface area contributed by atoms with E-state index in [9.17, 15) is 26.3 Å². The average molecular weight is 391 g/mol. The molecule has 2 aromatic rings. The summed E-state index contributed by atoms with van der Waals surface area (Å²) in [4.78, 5) is 17.8. The van der Waals surface area contributed by atoms with E-state index < -0.39 is 24.3 Å². The number of hydrogen-bond acceptors (Lipinski definition) is 6. The first-order valence-corrected chi connectivity index (χ1v) is 6.14. The minimum Gasteiger partial charge on any atom is -0.475 e. The number of rotatable bonds is 1. The Bertz CT molecular complexity index is 732. The van der Waals surface area contributed by atoms with Crippen LogP contribution in [0.2, 0.25) is 0 Å². The van der Waals surface area contributed by atoms with Crippen molar-refractivity contribution in [2.45, 2.75) is 18.9 Å². The highest BCUT2D eigenvalue weighted by Crippen LogP contribution is 2.20. The van der Waals surface area contributed by atoms with Gasteiger partial charge in [-0.3, -0.25) is 0 Å². The summed E-state index contributed by atoms with van der Waals surface area (Å²) in [6.07, 6.45) is -10.2. The fourth-order valence-corrected chi connectivity index (χ4v) is 1.13. The van der Waals surface area contributed by atoms with Crippen LogP contribution in [-0.2, 0) is 16.1 Å². The number of hydrogen-bond donors (Lipinski definition) is 4. The lowest BCUT2D eigenvalue weighted by Gasteiger charge is -1.93. The van der Waals surface area contributed by atoms with Crippen LogP contribution < -0.4 is 11.5 Å². The van der Waals surface area contributed by atoms with E-state index in [2.05, 4.69) is 5.16 Å². The van der Waals surface area contributed by atoms with Gasteiger partial charge >= 0.3 is 24.3 Å². The number of fused-ring (bicyclic) bond motifs is 1. The van der Waals surface area contributed by atoms with Crippen molar-refractivity contribution in [2.24, 2.45) is 5.73 Å². The van der Waals surface area contributed by atoms with Crippen molar-refractivity contribution in [2.75, 3.05) is 5.73 Å². The van der Waals surface area contributed by atoms with Gasteiger partial charge in [0.05, 0.1) is 5.39 Å². The van der Waals surface area contributed by atoms with Crippen LogP contribution in [0.4, 0.5) is 32.2 Å². The van der Waals surface area contributed by atoms with Crippen molar-refractivity contribution in [3.63, 3.8) is 0 Å². The number of carboxylic acids is 2. The van der Waals surface area contributed by atoms with Crippen molar-refractivity contribution in [3.8, 4) is 0 Å². The molecule has 0 aliphatic carbocycles. The Kier molecular flexibility index (Phi) is 7.85. The summed E-state index contributed by atoms with van der Waals surface area (Å²) in [6, 6.07) is 5.62. The fraction of sp³-hybridized carbons (Fsp3) is 0.250. The van der Waals surface area contributed by atoms with Crippen LogP contribution in [0.15, 0.2) is 22.7 Å². The number of nitrogens with zero attached hydrogens (tertiary/aromatic N) is 1. The maximum atomic E-state index is 10.6. The largest absolute Gasteiger partial charge is 0.490 e. The molecule has 0 amide bonds. The molecule has 0 bridgehead atoms. The van der Waals surface area contributed by atoms with Gasteiger partial charge in [-0.2, -0.15) is 26.3 Å². The molecular weight excluding hydrogens is 380 g/mol. The summed E-state index contributed by atoms with van der Waals surface area (Å²) >= 11 is 0. The molecule has 146 valence electrons. The van der Waals surface area contributed by atoms with Gasteiger partial charge in [-0.1, -0.05) is 11.2 Å². The van der Waals surface area contributed by atoms with Crippen LogP contribution >= 0.6 is 0 Å². The van der Waals surface area contributed by atoms with E-state index in [4.69, 9.17) is 35.8 Å². The molecule has 1 aromatic carbocycles. The van der Waals surface area contributed by atoms with Crippen molar-refractivity contribution in [1.29, 1.82) is 0 Å². The maximum Gasteiger partial charge on any atom is 0.490 e. The molecule has 0 aliphatic heterocycles. The highest BCUT2D eigenvalue weighted by molar-refractivity contribution is 5.87. The molecule has 6 N–H and O–H groups in total. The average Bonchev–Trinajstić information content (AvgIpc) is 2.87. The van der Waals surface area contributed by atoms with Gasteiger partial charge in [0, 0.05) is 6.54 Å². The molecule has 0 aliphatic rings. The summed E-state index contributed by atoms with van der Waals surface area (Å²) in [7, 11) is 0. The van der Waals surface area contributed by atoms with E-state index in [1.807, 2.05) is 18.2 Å². The molecule has 14 heteroatoms. The number of anilines is 1. The van der Waals surface area contributed by atoms with Crippen LogP contribution in [0, 0.1) is 0 Å². The van der Waals surface area contributed by atoms with E-state index >= 15 is 0 Å². The zero-order valence-electron chi connectivity index (χ0n) is 12.4. The van der Waals surface area contributed by atoms with Gasteiger partial charge in [-0.25, -0.2) is 9.59 Å². The number of aliphatic carboxylic acids is 2. The smallest absolute Gasteiger partial charge is 0.475 e. The van der Waals surface area contributed by atoms with E-state index in [0.29, 0.717) is 17.9 Å². The number of carboxylic acid groups (broad SMARTS) is 2. The first-order valence-electron chi connectivity index (χ1n) is 6.14. The molecule has 0 unspecified atom stereocenters. The zero-order valence-corrected chi connectivity index (χ0v) is 12.4. The normalized spacial score (nSPS) is 11.0. The first kappa shape index (κ1) is 23.0. The van der Waals surface area contributed by atoms with Crippen molar-refractivity contribution >= 4 is 28.7 Å². The van der Waals surface area contributed by atoms with Gasteiger partial charge in [0.1, 0.15) is 0 Å². The third kappa shape index (κ3) is 7.69. The summed E-state index contributed by atoms with van der Waals surface area (Å²) in [5.41, 5.74) is 12.7. The van der Waals surface area contributed by atoms with Crippen LogP contribution in [0.25, 0.3) is 11.0 Å². The van der Waals surface area contributed by atoms with Crippen LogP contribution in [0.3, 0.4) is 0 Å². The number of carbonyl (C=O) groups is 2. The zero-order chi connectivity index (χ0) is 20.7. The monoisotopic (exact) mass is 391 g/mol. The number of benzene rings is 1. The molecule has 26 heavy (non-hydrogen) atoms. The Morgan fingerprint density at radius 3 is 1.81 bits per heavy atom. The van der Waals surface area contributed by atoms with Crippen molar-refractivity contribution < 1.29 is 50.7 Å². The topological polar surface area (TPSA) is 153 Å². The number of alkyl halides is 6. The van der Waals surface area contributed by atoms with Crippen LogP contribution in [0.5, 0.6) is 0 Å². The Morgan fingerprint density at radius 2 is 1.46 bits per heavy atom. The Labute approximate surface area is 139 Å². The second-order valence-electron chi connectivity index (χ2n) is 4.21. The maximum absolute atomic E-state index is 10.6. The molecule has 2 rings (SSSR count). The van der Waals surface area contributed by atoms with Crippen LogP contribution in [-0.4, -0.2) is 39.7 Å². The van der Waals surface area contributed by atoms with E-state index in [1.54, 1.807) is 0 Å². The minimum atomic E-state index is -5.08. The van der Waals surface area contributed by atoms with Gasteiger partial charge < -0.3 is 26.2 Å². The molecule has 1 heterocycles. The Balaban J connectivity index is 0.000000390. The van der Waals surface area contributed by atoms with Gasteiger partial charge in [-0.05, 0) is 17.7 Å². The molecule has 0 saturated carbocycles. The predicted octanol–water partition coefficient (Wildman–Crippen LogP) is 2.14. The van der Waals surface area contributed by atoms with Crippen molar-refractivity contribution in [1.82, 2.24) is 5.16 Å². The molecule has 0 atom stereocenters. The Morgan fingerprint density at radius 1 is 1.04 bits per heavy atom. The standard InChI is InChI=1S/C8H9N3O.2C2HF3O2/c9-4-5-1-2-6-7(3-5)12-11-8(6)10;2*3-2(4,5)1(6)7/h1-3H,4,9H2,(H2,10,11);2*(H,6,7). The van der Waals surface area contributed by atoms with Gasteiger partial charge in [-0.15, -0.1) is 0 Å². The van der Waals surface area contributed by atoms with E-state index in [1.165, 1.54) is 0 Å². The number of nitrogens with two attached hydrogens (primary N) is 2. The summed E-state index contributed by atoms with van der Waals surface area (Å²) in [5.74, 6) is -5.09. The highest BCUT2D eigenvalue weighted by atomic mass is 19.4. The minimum absolute atomic E-state index is 0.425. The first-order chi connectivity index (χ1) is 11.7. The van der Waals surface area contributed by atoms with Gasteiger partial charge in [0.15, 0.2) is 11.4 Å². The Hall–Kier alpha value is -3.03. The molecule has 1 aromatic heterocycles. The van der Waals surface area contributed by atoms with Crippen molar-refractivity contribution in [3.05, 3.63) is 23.8 Å². The second kappa shape index (κ2) is 8.89. The third-order valence-electron chi connectivity index (χ3n) is 2.29. The highest BCUT2D eigenvalue weighted by Gasteiger charge is 2.38. The third-order valence-corrected chi connectivity index (χ3v) is 2.29. The van der Waals surface area contributed by atoms with Gasteiger partial charge in [0.25, 0.3) is 0 Å². The molecule has 0 saturated heterocycles.